The lowest BCUT2D eigenvalue weighted by atomic mass is 10.0. The number of carbonyl (C=O) groups excluding carboxylic acids is 1. The molecule has 1 amide bonds. The van der Waals surface area contributed by atoms with Gasteiger partial charge in [0.25, 0.3) is 5.91 Å². The Bertz CT molecular complexity index is 1410. The van der Waals surface area contributed by atoms with Crippen molar-refractivity contribution in [3.8, 4) is 11.5 Å². The van der Waals surface area contributed by atoms with Crippen molar-refractivity contribution in [1.29, 1.82) is 0 Å². The molecular weight excluding hydrogens is 467 g/mol. The number of nitrogens with zero attached hydrogens (tertiary/aromatic N) is 2. The van der Waals surface area contributed by atoms with E-state index in [2.05, 4.69) is 4.98 Å². The van der Waals surface area contributed by atoms with E-state index in [9.17, 15) is 9.18 Å². The summed E-state index contributed by atoms with van der Waals surface area (Å²) in [7, 11) is 3.11. The molecule has 5 nitrogen and oxygen atoms in total. The van der Waals surface area contributed by atoms with E-state index in [0.29, 0.717) is 22.2 Å². The SMILES string of the molecule is COc1ccc(CN(Cc2cc3ccc(C)c(C)c3nc2Cl)C(=O)c2ccccc2F)cc1OC. The smallest absolute Gasteiger partial charge is 0.257 e. The van der Waals surface area contributed by atoms with Gasteiger partial charge in [-0.15, -0.1) is 0 Å². The number of fused-ring (bicyclic) bond motifs is 1. The van der Waals surface area contributed by atoms with Crippen molar-refractivity contribution < 1.29 is 18.7 Å². The maximum Gasteiger partial charge on any atom is 0.257 e. The fraction of sp³-hybridized carbons (Fsp3) is 0.214. The van der Waals surface area contributed by atoms with E-state index < -0.39 is 11.7 Å². The van der Waals surface area contributed by atoms with Gasteiger partial charge in [-0.25, -0.2) is 9.37 Å². The lowest BCUT2D eigenvalue weighted by molar-refractivity contribution is 0.0725. The summed E-state index contributed by atoms with van der Waals surface area (Å²) in [4.78, 5) is 19.7. The Labute approximate surface area is 209 Å². The van der Waals surface area contributed by atoms with Crippen molar-refractivity contribution in [2.75, 3.05) is 14.2 Å². The molecule has 4 aromatic rings. The fourth-order valence-electron chi connectivity index (χ4n) is 4.02. The maximum absolute atomic E-state index is 14.5. The van der Waals surface area contributed by atoms with E-state index in [4.69, 9.17) is 21.1 Å². The number of pyridine rings is 1. The van der Waals surface area contributed by atoms with Gasteiger partial charge in [-0.05, 0) is 60.9 Å². The van der Waals surface area contributed by atoms with Crippen LogP contribution in [0.25, 0.3) is 10.9 Å². The van der Waals surface area contributed by atoms with E-state index in [0.717, 1.165) is 27.6 Å². The van der Waals surface area contributed by atoms with E-state index >= 15 is 0 Å². The van der Waals surface area contributed by atoms with Crippen molar-refractivity contribution in [2.24, 2.45) is 0 Å². The summed E-state index contributed by atoms with van der Waals surface area (Å²) in [5.41, 5.74) is 4.46. The van der Waals surface area contributed by atoms with Crippen LogP contribution in [-0.2, 0) is 13.1 Å². The summed E-state index contributed by atoms with van der Waals surface area (Å²) in [6.07, 6.45) is 0. The van der Waals surface area contributed by atoms with Crippen molar-refractivity contribution >= 4 is 28.4 Å². The number of aryl methyl sites for hydroxylation is 2. The van der Waals surface area contributed by atoms with Crippen LogP contribution in [0.2, 0.25) is 5.15 Å². The molecule has 0 aliphatic heterocycles. The van der Waals surface area contributed by atoms with Gasteiger partial charge in [0.1, 0.15) is 11.0 Å². The number of halogens is 2. The lowest BCUT2D eigenvalue weighted by Gasteiger charge is -2.24. The van der Waals surface area contributed by atoms with Crippen molar-refractivity contribution in [1.82, 2.24) is 9.88 Å². The van der Waals surface area contributed by atoms with Gasteiger partial charge >= 0.3 is 0 Å². The third kappa shape index (κ3) is 5.08. The molecule has 0 unspecified atom stereocenters. The molecule has 7 heteroatoms. The zero-order valence-corrected chi connectivity index (χ0v) is 20.8. The first-order valence-electron chi connectivity index (χ1n) is 11.1. The highest BCUT2D eigenvalue weighted by molar-refractivity contribution is 6.30. The third-order valence-electron chi connectivity index (χ3n) is 6.11. The van der Waals surface area contributed by atoms with E-state index in [-0.39, 0.29) is 18.7 Å². The number of benzene rings is 3. The van der Waals surface area contributed by atoms with Crippen molar-refractivity contribution in [3.05, 3.63) is 99.5 Å². The first-order chi connectivity index (χ1) is 16.8. The molecule has 4 rings (SSSR count). The van der Waals surface area contributed by atoms with E-state index in [1.807, 2.05) is 38.1 Å². The molecule has 0 saturated heterocycles. The predicted molar refractivity (Wildman–Crippen MR) is 136 cm³/mol. The van der Waals surface area contributed by atoms with Crippen LogP contribution in [0.3, 0.4) is 0 Å². The highest BCUT2D eigenvalue weighted by atomic mass is 35.5. The zero-order valence-electron chi connectivity index (χ0n) is 20.1. The second kappa shape index (κ2) is 10.3. The molecule has 0 radical (unpaired) electrons. The average molecular weight is 493 g/mol. The minimum absolute atomic E-state index is 0.00989. The Kier molecular flexibility index (Phi) is 7.22. The molecule has 0 aliphatic carbocycles. The lowest BCUT2D eigenvalue weighted by Crippen LogP contribution is -2.31. The number of hydrogen-bond donors (Lipinski definition) is 0. The summed E-state index contributed by atoms with van der Waals surface area (Å²) >= 11 is 6.58. The molecule has 0 bridgehead atoms. The van der Waals surface area contributed by atoms with Gasteiger partial charge in [0.05, 0.1) is 25.3 Å². The minimum atomic E-state index is -0.580. The van der Waals surface area contributed by atoms with Gasteiger partial charge in [0, 0.05) is 24.0 Å². The summed E-state index contributed by atoms with van der Waals surface area (Å²) in [5, 5.41) is 1.24. The van der Waals surface area contributed by atoms with Gasteiger partial charge in [-0.2, -0.15) is 0 Å². The van der Waals surface area contributed by atoms with Gasteiger partial charge < -0.3 is 14.4 Å². The molecule has 0 aliphatic rings. The van der Waals surface area contributed by atoms with E-state index in [1.54, 1.807) is 43.4 Å². The predicted octanol–water partition coefficient (Wildman–Crippen LogP) is 6.50. The molecule has 0 spiro atoms. The first kappa shape index (κ1) is 24.5. The summed E-state index contributed by atoms with van der Waals surface area (Å²) < 4.78 is 25.3. The van der Waals surface area contributed by atoms with Crippen LogP contribution in [-0.4, -0.2) is 30.0 Å². The number of carbonyl (C=O) groups is 1. The van der Waals surface area contributed by atoms with Crippen LogP contribution in [0.1, 0.15) is 32.6 Å². The fourth-order valence-corrected chi connectivity index (χ4v) is 4.22. The van der Waals surface area contributed by atoms with Gasteiger partial charge in [-0.1, -0.05) is 41.9 Å². The number of aromatic nitrogens is 1. The van der Waals surface area contributed by atoms with Crippen LogP contribution in [0.5, 0.6) is 11.5 Å². The second-order valence-corrected chi connectivity index (χ2v) is 8.71. The van der Waals surface area contributed by atoms with Crippen LogP contribution < -0.4 is 9.47 Å². The molecule has 0 atom stereocenters. The molecule has 3 aromatic carbocycles. The zero-order chi connectivity index (χ0) is 25.1. The Morgan fingerprint density at radius 1 is 0.971 bits per heavy atom. The number of ether oxygens (including phenoxy) is 2. The number of hydrogen-bond acceptors (Lipinski definition) is 4. The standard InChI is InChI=1S/C28H26ClFN2O3/c1-17-9-11-20-14-21(27(29)31-26(20)18(17)2)16-32(28(33)22-7-5-6-8-23(22)30)15-19-10-12-24(34-3)25(13-19)35-4/h5-14H,15-16H2,1-4H3. The molecule has 0 saturated carbocycles. The van der Waals surface area contributed by atoms with Crippen LogP contribution in [0.4, 0.5) is 4.39 Å². The maximum atomic E-state index is 14.5. The number of amides is 1. The number of rotatable bonds is 7. The van der Waals surface area contributed by atoms with Gasteiger partial charge in [0.15, 0.2) is 11.5 Å². The molecule has 1 aromatic heterocycles. The molecule has 35 heavy (non-hydrogen) atoms. The van der Waals surface area contributed by atoms with Crippen LogP contribution >= 0.6 is 11.6 Å². The average Bonchev–Trinajstić information content (AvgIpc) is 2.86. The van der Waals surface area contributed by atoms with Crippen molar-refractivity contribution in [3.63, 3.8) is 0 Å². The Morgan fingerprint density at radius 3 is 2.43 bits per heavy atom. The normalized spacial score (nSPS) is 10.9. The Balaban J connectivity index is 1.75. The molecule has 180 valence electrons. The molecule has 0 N–H and O–H groups in total. The highest BCUT2D eigenvalue weighted by Gasteiger charge is 2.22. The van der Waals surface area contributed by atoms with E-state index in [1.165, 1.54) is 12.1 Å². The second-order valence-electron chi connectivity index (χ2n) is 8.35. The van der Waals surface area contributed by atoms with Gasteiger partial charge in [-0.3, -0.25) is 4.79 Å². The quantitative estimate of drug-likeness (QED) is 0.276. The van der Waals surface area contributed by atoms with Crippen LogP contribution in [0, 0.1) is 19.7 Å². The summed E-state index contributed by atoms with van der Waals surface area (Å²) in [6.45, 7) is 4.38. The molecule has 1 heterocycles. The van der Waals surface area contributed by atoms with Crippen molar-refractivity contribution in [2.45, 2.75) is 26.9 Å². The monoisotopic (exact) mass is 492 g/mol. The minimum Gasteiger partial charge on any atom is -0.493 e. The number of methoxy groups -OCH3 is 2. The Hall–Kier alpha value is -3.64. The Morgan fingerprint density at radius 2 is 1.71 bits per heavy atom. The third-order valence-corrected chi connectivity index (χ3v) is 6.44. The largest absolute Gasteiger partial charge is 0.493 e. The molecular formula is C28H26ClFN2O3. The highest BCUT2D eigenvalue weighted by Crippen LogP contribution is 2.30. The summed E-state index contributed by atoms with van der Waals surface area (Å²) in [5.74, 6) is 0.0907. The first-order valence-corrected chi connectivity index (χ1v) is 11.5. The van der Waals surface area contributed by atoms with Crippen LogP contribution in [0.15, 0.2) is 60.7 Å². The summed E-state index contributed by atoms with van der Waals surface area (Å²) in [6, 6.07) is 17.3. The van der Waals surface area contributed by atoms with Gasteiger partial charge in [0.2, 0.25) is 0 Å². The topological polar surface area (TPSA) is 51.7 Å². The molecule has 0 fully saturated rings.